The van der Waals surface area contributed by atoms with Crippen LogP contribution in [0, 0.1) is 42.4 Å². The molecule has 0 heterocycles. The molecule has 8 rings (SSSR count). The molecule has 3 saturated carbocycles. The Balaban J connectivity index is 1.17. The molecule has 5 aliphatic carbocycles. The third-order valence-corrected chi connectivity index (χ3v) is 19.9. The lowest BCUT2D eigenvalue weighted by Gasteiger charge is -2.40. The summed E-state index contributed by atoms with van der Waals surface area (Å²) in [6.07, 6.45) is 21.3. The van der Waals surface area contributed by atoms with Crippen molar-refractivity contribution in [3.05, 3.63) is 130 Å². The molecule has 0 amide bonds. The van der Waals surface area contributed by atoms with Crippen molar-refractivity contribution in [2.75, 3.05) is 0 Å². The zero-order valence-electron chi connectivity index (χ0n) is 36.0. The van der Waals surface area contributed by atoms with Crippen LogP contribution in [-0.4, -0.2) is 8.80 Å². The minimum Gasteiger partial charge on any atom is -0.0808 e. The van der Waals surface area contributed by atoms with Gasteiger partial charge in [0.2, 0.25) is 0 Å². The number of rotatable bonds is 8. The van der Waals surface area contributed by atoms with Crippen molar-refractivity contribution in [3.63, 3.8) is 0 Å². The van der Waals surface area contributed by atoms with Gasteiger partial charge in [-0.15, -0.1) is 0 Å². The van der Waals surface area contributed by atoms with Gasteiger partial charge in [-0.1, -0.05) is 172 Å². The van der Waals surface area contributed by atoms with Crippen LogP contribution in [0.1, 0.15) is 135 Å². The van der Waals surface area contributed by atoms with Crippen LogP contribution in [0.25, 0.3) is 22.3 Å². The number of unbranched alkanes of at least 4 members (excludes halogenated alkanes) is 1. The van der Waals surface area contributed by atoms with Gasteiger partial charge in [0.25, 0.3) is 0 Å². The van der Waals surface area contributed by atoms with Gasteiger partial charge < -0.3 is 0 Å². The Morgan fingerprint density at radius 2 is 1.42 bits per heavy atom. The Bertz CT molecular complexity index is 1990. The van der Waals surface area contributed by atoms with Crippen molar-refractivity contribution in [1.82, 2.24) is 0 Å². The molecule has 9 atom stereocenters. The van der Waals surface area contributed by atoms with E-state index in [2.05, 4.69) is 160 Å². The lowest BCUT2D eigenvalue weighted by molar-refractivity contribution is 0.448. The van der Waals surface area contributed by atoms with Crippen molar-refractivity contribution in [1.29, 1.82) is 0 Å². The molecule has 0 aromatic heterocycles. The van der Waals surface area contributed by atoms with Crippen LogP contribution in [0.3, 0.4) is 0 Å². The van der Waals surface area contributed by atoms with Crippen LogP contribution >= 0.6 is 0 Å². The third-order valence-electron chi connectivity index (χ3n) is 15.4. The summed E-state index contributed by atoms with van der Waals surface area (Å²) < 4.78 is 0. The maximum absolute atomic E-state index is 2.91. The third kappa shape index (κ3) is 6.98. The van der Waals surface area contributed by atoms with Crippen LogP contribution in [0.15, 0.2) is 102 Å². The lowest BCUT2D eigenvalue weighted by atomic mass is 9.71. The first kappa shape index (κ1) is 38.7. The predicted octanol–water partition coefficient (Wildman–Crippen LogP) is 15.1. The normalized spacial score (nSPS) is 29.5. The molecule has 0 aliphatic heterocycles. The fraction of sp³-hybridized carbons (Fsp3) is 0.519. The SMILES string of the molecule is CCCCC1CC2C(c3ccccc3-c3ccccc3)=CC=CC2C1[SiH](C)C1C(C)CC2C(c3cc(C(C)(C)C)c(C)c(C(C)(C)C)c3)=C3CCCC3=CC21. The highest BCUT2D eigenvalue weighted by atomic mass is 28.3. The Labute approximate surface area is 337 Å². The lowest BCUT2D eigenvalue weighted by Crippen LogP contribution is -2.35. The largest absolute Gasteiger partial charge is 0.0808 e. The number of benzene rings is 3. The summed E-state index contributed by atoms with van der Waals surface area (Å²) in [6, 6.07) is 25.8. The minimum absolute atomic E-state index is 0.121. The minimum atomic E-state index is -1.23. The highest BCUT2D eigenvalue weighted by Crippen LogP contribution is 2.64. The van der Waals surface area contributed by atoms with Crippen molar-refractivity contribution in [2.24, 2.45) is 35.5 Å². The van der Waals surface area contributed by atoms with E-state index in [0.717, 1.165) is 22.9 Å². The molecule has 0 bridgehead atoms. The zero-order chi connectivity index (χ0) is 38.8. The highest BCUT2D eigenvalue weighted by Gasteiger charge is 2.54. The Morgan fingerprint density at radius 3 is 2.09 bits per heavy atom. The van der Waals surface area contributed by atoms with Gasteiger partial charge in [0, 0.05) is 8.80 Å². The van der Waals surface area contributed by atoms with Crippen LogP contribution < -0.4 is 0 Å². The first-order valence-corrected chi connectivity index (χ1v) is 24.9. The first-order chi connectivity index (χ1) is 26.3. The molecule has 290 valence electrons. The molecule has 0 saturated heterocycles. The number of allylic oxidation sites excluding steroid dienone is 8. The molecule has 3 fully saturated rings. The Morgan fingerprint density at radius 1 is 0.745 bits per heavy atom. The molecule has 5 aliphatic rings. The van der Waals surface area contributed by atoms with Gasteiger partial charge in [0.15, 0.2) is 0 Å². The zero-order valence-corrected chi connectivity index (χ0v) is 37.2. The van der Waals surface area contributed by atoms with E-state index in [0.29, 0.717) is 23.7 Å². The maximum Gasteiger partial charge on any atom is 0.0419 e. The van der Waals surface area contributed by atoms with Gasteiger partial charge in [-0.05, 0) is 158 Å². The molecule has 3 aromatic carbocycles. The van der Waals surface area contributed by atoms with E-state index in [1.165, 1.54) is 73.6 Å². The second-order valence-electron chi connectivity index (χ2n) is 20.8. The molecule has 55 heavy (non-hydrogen) atoms. The van der Waals surface area contributed by atoms with Crippen LogP contribution in [-0.2, 0) is 10.8 Å². The number of hydrogen-bond acceptors (Lipinski definition) is 0. The maximum atomic E-state index is 2.91. The van der Waals surface area contributed by atoms with Gasteiger partial charge in [0.1, 0.15) is 0 Å². The summed E-state index contributed by atoms with van der Waals surface area (Å²) in [4.78, 5) is 0. The van der Waals surface area contributed by atoms with E-state index in [9.17, 15) is 0 Å². The second kappa shape index (κ2) is 15.0. The molecule has 3 aromatic rings. The fourth-order valence-electron chi connectivity index (χ4n) is 13.2. The molecule has 1 heteroatoms. The molecular weight excluding hydrogens is 677 g/mol. The van der Waals surface area contributed by atoms with Gasteiger partial charge >= 0.3 is 0 Å². The van der Waals surface area contributed by atoms with E-state index in [1.54, 1.807) is 39.0 Å². The average Bonchev–Trinajstić information content (AvgIpc) is 3.87. The topological polar surface area (TPSA) is 0 Å². The predicted molar refractivity (Wildman–Crippen MR) is 242 cm³/mol. The van der Waals surface area contributed by atoms with E-state index >= 15 is 0 Å². The highest BCUT2D eigenvalue weighted by molar-refractivity contribution is 6.61. The molecule has 0 spiro atoms. The summed E-state index contributed by atoms with van der Waals surface area (Å²) in [5.74, 6) is 4.29. The number of fused-ring (bicyclic) bond motifs is 3. The monoisotopic (exact) mass is 747 g/mol. The quantitative estimate of drug-likeness (QED) is 0.201. The van der Waals surface area contributed by atoms with E-state index < -0.39 is 8.80 Å². The first-order valence-electron chi connectivity index (χ1n) is 22.4. The summed E-state index contributed by atoms with van der Waals surface area (Å²) in [5.41, 5.74) is 19.2. The summed E-state index contributed by atoms with van der Waals surface area (Å²) in [7, 11) is -1.23. The summed E-state index contributed by atoms with van der Waals surface area (Å²) in [5, 5.41) is 0. The molecular formula is C54H70Si. The van der Waals surface area contributed by atoms with Crippen LogP contribution in [0.5, 0.6) is 0 Å². The van der Waals surface area contributed by atoms with Gasteiger partial charge in [-0.25, -0.2) is 0 Å². The van der Waals surface area contributed by atoms with Crippen LogP contribution in [0.2, 0.25) is 17.6 Å². The fourth-order valence-corrected chi connectivity index (χ4v) is 18.3. The van der Waals surface area contributed by atoms with Crippen molar-refractivity contribution >= 4 is 19.9 Å². The molecule has 0 radical (unpaired) electrons. The van der Waals surface area contributed by atoms with E-state index in [1.807, 2.05) is 0 Å². The average molecular weight is 747 g/mol. The molecule has 0 nitrogen and oxygen atoms in total. The summed E-state index contributed by atoms with van der Waals surface area (Å²) in [6.45, 7) is 24.9. The Kier molecular flexibility index (Phi) is 10.5. The van der Waals surface area contributed by atoms with Crippen molar-refractivity contribution in [3.8, 4) is 11.1 Å². The second-order valence-corrected chi connectivity index (χ2v) is 24.0. The van der Waals surface area contributed by atoms with Crippen molar-refractivity contribution < 1.29 is 0 Å². The number of hydrogen-bond donors (Lipinski definition) is 0. The van der Waals surface area contributed by atoms with Gasteiger partial charge in [-0.2, -0.15) is 0 Å². The van der Waals surface area contributed by atoms with Gasteiger partial charge in [0.05, 0.1) is 0 Å². The molecule has 0 N–H and O–H groups in total. The van der Waals surface area contributed by atoms with Gasteiger partial charge in [-0.3, -0.25) is 0 Å². The summed E-state index contributed by atoms with van der Waals surface area (Å²) >= 11 is 0. The molecule has 9 unspecified atom stereocenters. The van der Waals surface area contributed by atoms with E-state index in [-0.39, 0.29) is 10.8 Å². The van der Waals surface area contributed by atoms with Crippen molar-refractivity contribution in [2.45, 2.75) is 142 Å². The van der Waals surface area contributed by atoms with E-state index in [4.69, 9.17) is 0 Å². The Hall–Kier alpha value is -3.16. The van der Waals surface area contributed by atoms with Crippen LogP contribution in [0.4, 0.5) is 0 Å². The standard InChI is InChI=1S/C54H70Si/c1-11-12-20-38-31-45-43(42-25-17-16-24-40(42)36-21-14-13-15-22-36)27-19-28-44(45)52(38)55(10)51-34(2)29-46-47(51)30-37-23-18-26-41(37)50(46)39-32-48(53(4,5)6)35(3)49(33-39)54(7,8)9/h13-17,19,21-22,24-25,27-28,30,32-34,38,44-47,51-52,55H,11-12,18,20,23,26,29,31H2,1-10H3. The smallest absolute Gasteiger partial charge is 0.0419 e.